The van der Waals surface area contributed by atoms with Crippen LogP contribution in [0.15, 0.2) is 12.5 Å². The van der Waals surface area contributed by atoms with Crippen LogP contribution in [0.5, 0.6) is 0 Å². The number of rotatable bonds is 4. The number of nitrogens with zero attached hydrogens (tertiary/aromatic N) is 2. The van der Waals surface area contributed by atoms with Gasteiger partial charge in [-0.15, -0.1) is 0 Å². The molecule has 0 bridgehead atoms. The second kappa shape index (κ2) is 6.08. The molecule has 5 heteroatoms. The minimum atomic E-state index is -0.483. The van der Waals surface area contributed by atoms with Gasteiger partial charge in [-0.05, 0) is 53.4 Å². The molecule has 0 aromatic carbocycles. The highest BCUT2D eigenvalue weighted by molar-refractivity contribution is 5.68. The molecule has 2 atom stereocenters. The summed E-state index contributed by atoms with van der Waals surface area (Å²) in [5.41, 5.74) is 0.545. The smallest absolute Gasteiger partial charge is 0.408 e. The van der Waals surface area contributed by atoms with Crippen molar-refractivity contribution in [3.05, 3.63) is 18.2 Å². The summed E-state index contributed by atoms with van der Waals surface area (Å²) in [5, 5.41) is 2.89. The van der Waals surface area contributed by atoms with Crippen LogP contribution in [-0.2, 0) is 4.74 Å². The summed E-state index contributed by atoms with van der Waals surface area (Å²) >= 11 is 0. The number of alkyl carbamates (subject to hydrolysis) is 1. The van der Waals surface area contributed by atoms with Gasteiger partial charge in [0.1, 0.15) is 5.60 Å². The van der Waals surface area contributed by atoms with Gasteiger partial charge in [0.25, 0.3) is 0 Å². The van der Waals surface area contributed by atoms with Gasteiger partial charge < -0.3 is 14.6 Å². The van der Waals surface area contributed by atoms with E-state index in [1.807, 2.05) is 40.2 Å². The van der Waals surface area contributed by atoms with E-state index in [0.717, 1.165) is 11.6 Å². The molecule has 118 valence electrons. The summed E-state index contributed by atoms with van der Waals surface area (Å²) < 4.78 is 7.49. The number of amides is 1. The molecule has 1 aromatic heterocycles. The predicted octanol–water partition coefficient (Wildman–Crippen LogP) is 3.83. The average Bonchev–Trinajstić information content (AvgIpc) is 2.71. The Morgan fingerprint density at radius 1 is 1.43 bits per heavy atom. The van der Waals surface area contributed by atoms with Crippen molar-refractivity contribution in [1.29, 1.82) is 0 Å². The fourth-order valence-corrected chi connectivity index (χ4v) is 2.70. The van der Waals surface area contributed by atoms with E-state index >= 15 is 0 Å². The number of carbonyl (C=O) groups excluding carboxylic acids is 1. The number of aromatic nitrogens is 2. The van der Waals surface area contributed by atoms with E-state index in [9.17, 15) is 4.79 Å². The Balaban J connectivity index is 2.01. The zero-order valence-corrected chi connectivity index (χ0v) is 13.7. The summed E-state index contributed by atoms with van der Waals surface area (Å²) in [6.45, 7) is 9.78. The molecule has 1 fully saturated rings. The van der Waals surface area contributed by atoms with Crippen LogP contribution in [0.3, 0.4) is 0 Å². The Morgan fingerprint density at radius 3 is 2.62 bits per heavy atom. The lowest BCUT2D eigenvalue weighted by Gasteiger charge is -2.33. The third kappa shape index (κ3) is 3.99. The normalized spacial score (nSPS) is 18.7. The van der Waals surface area contributed by atoms with Gasteiger partial charge in [-0.25, -0.2) is 9.78 Å². The Kier molecular flexibility index (Phi) is 4.59. The molecule has 1 aromatic rings. The summed E-state index contributed by atoms with van der Waals surface area (Å²) in [4.78, 5) is 16.1. The number of hydrogen-bond donors (Lipinski definition) is 1. The van der Waals surface area contributed by atoms with Crippen molar-refractivity contribution in [2.45, 2.75) is 71.6 Å². The maximum absolute atomic E-state index is 11.9. The zero-order valence-electron chi connectivity index (χ0n) is 13.7. The van der Waals surface area contributed by atoms with Crippen molar-refractivity contribution < 1.29 is 9.53 Å². The zero-order chi connectivity index (χ0) is 15.6. The second-order valence-electron chi connectivity index (χ2n) is 7.03. The van der Waals surface area contributed by atoms with Crippen molar-refractivity contribution in [3.63, 3.8) is 0 Å². The number of carbonyl (C=O) groups is 1. The molecule has 1 aliphatic rings. The predicted molar refractivity (Wildman–Crippen MR) is 82.1 cm³/mol. The quantitative estimate of drug-likeness (QED) is 0.918. The summed E-state index contributed by atoms with van der Waals surface area (Å²) in [6, 6.07) is 0.309. The lowest BCUT2D eigenvalue weighted by Crippen LogP contribution is -2.35. The fraction of sp³-hybridized carbons (Fsp3) is 0.750. The van der Waals surface area contributed by atoms with Crippen molar-refractivity contribution in [2.24, 2.45) is 5.92 Å². The molecule has 1 unspecified atom stereocenters. The topological polar surface area (TPSA) is 56.2 Å². The first-order valence-electron chi connectivity index (χ1n) is 7.79. The Morgan fingerprint density at radius 2 is 2.10 bits per heavy atom. The van der Waals surface area contributed by atoms with E-state index in [1.165, 1.54) is 19.3 Å². The van der Waals surface area contributed by atoms with Crippen LogP contribution >= 0.6 is 0 Å². The molecule has 5 nitrogen and oxygen atoms in total. The fourth-order valence-electron chi connectivity index (χ4n) is 2.70. The molecule has 1 heterocycles. The number of ether oxygens (including phenoxy) is 1. The first-order chi connectivity index (χ1) is 9.78. The number of nitrogens with one attached hydrogen (secondary N) is 1. The van der Waals surface area contributed by atoms with Gasteiger partial charge in [-0.1, -0.05) is 6.42 Å². The molecule has 0 aliphatic heterocycles. The van der Waals surface area contributed by atoms with Crippen LogP contribution in [0.2, 0.25) is 0 Å². The third-order valence-electron chi connectivity index (χ3n) is 4.14. The molecule has 21 heavy (non-hydrogen) atoms. The summed E-state index contributed by atoms with van der Waals surface area (Å²) in [7, 11) is 0. The van der Waals surface area contributed by atoms with Crippen molar-refractivity contribution in [2.75, 3.05) is 0 Å². The van der Waals surface area contributed by atoms with Gasteiger partial charge in [0.15, 0.2) is 0 Å². The van der Waals surface area contributed by atoms with Crippen molar-refractivity contribution in [1.82, 2.24) is 14.9 Å². The maximum Gasteiger partial charge on any atom is 0.408 e. The van der Waals surface area contributed by atoms with Crippen molar-refractivity contribution in [3.8, 4) is 0 Å². The highest BCUT2D eigenvalue weighted by atomic mass is 16.6. The van der Waals surface area contributed by atoms with Gasteiger partial charge in [0, 0.05) is 6.04 Å². The summed E-state index contributed by atoms with van der Waals surface area (Å²) in [6.07, 6.45) is 7.20. The van der Waals surface area contributed by atoms with Gasteiger partial charge in [-0.2, -0.15) is 0 Å². The highest BCUT2D eigenvalue weighted by Gasteiger charge is 2.27. The van der Waals surface area contributed by atoms with E-state index in [2.05, 4.69) is 21.8 Å². The molecule has 1 aliphatic carbocycles. The first kappa shape index (κ1) is 15.9. The van der Waals surface area contributed by atoms with Gasteiger partial charge in [0.2, 0.25) is 0 Å². The standard InChI is InChI=1S/C16H27N3O2/c1-11(18-15(20)21-16(3,4)5)14-9-17-10-19(14)12(2)13-7-6-8-13/h9-13H,6-8H2,1-5H3,(H,18,20)/t11-,12?/m1/s1. The molecular formula is C16H27N3O2. The van der Waals surface area contributed by atoms with E-state index < -0.39 is 5.60 Å². The first-order valence-corrected chi connectivity index (χ1v) is 7.79. The lowest BCUT2D eigenvalue weighted by atomic mass is 9.80. The number of imidazole rings is 1. The van der Waals surface area contributed by atoms with Crippen LogP contribution in [-0.4, -0.2) is 21.2 Å². The molecule has 0 spiro atoms. The molecule has 0 radical (unpaired) electrons. The molecule has 1 N–H and O–H groups in total. The van der Waals surface area contributed by atoms with E-state index in [1.54, 1.807) is 0 Å². The van der Waals surface area contributed by atoms with Crippen LogP contribution in [0.4, 0.5) is 4.79 Å². The largest absolute Gasteiger partial charge is 0.444 e. The maximum atomic E-state index is 11.9. The van der Waals surface area contributed by atoms with E-state index in [-0.39, 0.29) is 12.1 Å². The van der Waals surface area contributed by atoms with Gasteiger partial charge in [0.05, 0.1) is 24.3 Å². The average molecular weight is 293 g/mol. The molecule has 1 amide bonds. The Labute approximate surface area is 127 Å². The highest BCUT2D eigenvalue weighted by Crippen LogP contribution is 2.37. The molecule has 1 saturated carbocycles. The van der Waals surface area contributed by atoms with E-state index in [0.29, 0.717) is 6.04 Å². The van der Waals surface area contributed by atoms with Crippen molar-refractivity contribution >= 4 is 6.09 Å². The molecular weight excluding hydrogens is 266 g/mol. The van der Waals surface area contributed by atoms with Crippen LogP contribution in [0.1, 0.15) is 71.7 Å². The van der Waals surface area contributed by atoms with Crippen LogP contribution in [0, 0.1) is 5.92 Å². The van der Waals surface area contributed by atoms with E-state index in [4.69, 9.17) is 4.74 Å². The summed E-state index contributed by atoms with van der Waals surface area (Å²) in [5.74, 6) is 0.728. The Hall–Kier alpha value is -1.52. The Bertz CT molecular complexity index is 486. The minimum Gasteiger partial charge on any atom is -0.444 e. The molecule has 0 saturated heterocycles. The van der Waals surface area contributed by atoms with Crippen LogP contribution < -0.4 is 5.32 Å². The third-order valence-corrected chi connectivity index (χ3v) is 4.14. The monoisotopic (exact) mass is 293 g/mol. The van der Waals surface area contributed by atoms with Gasteiger partial charge in [-0.3, -0.25) is 0 Å². The molecule has 2 rings (SSSR count). The lowest BCUT2D eigenvalue weighted by molar-refractivity contribution is 0.0505. The minimum absolute atomic E-state index is 0.120. The van der Waals surface area contributed by atoms with Crippen LogP contribution in [0.25, 0.3) is 0 Å². The van der Waals surface area contributed by atoms with Gasteiger partial charge >= 0.3 is 6.09 Å². The number of hydrogen-bond acceptors (Lipinski definition) is 3. The SMILES string of the molecule is CC(C1CCC1)n1cncc1[C@@H](C)NC(=O)OC(C)(C)C. The second-order valence-corrected chi connectivity index (χ2v) is 7.03.